The zero-order valence-electron chi connectivity index (χ0n) is 16.0. The highest BCUT2D eigenvalue weighted by Crippen LogP contribution is 2.55. The van der Waals surface area contributed by atoms with Gasteiger partial charge < -0.3 is 4.18 Å². The van der Waals surface area contributed by atoms with E-state index in [1.807, 2.05) is 11.6 Å². The van der Waals surface area contributed by atoms with Gasteiger partial charge in [-0.25, -0.2) is 0 Å². The van der Waals surface area contributed by atoms with Crippen LogP contribution < -0.4 is 0 Å². The first-order chi connectivity index (χ1) is 11.6. The quantitative estimate of drug-likeness (QED) is 0.319. The molecule has 1 rings (SSSR count). The van der Waals surface area contributed by atoms with Crippen LogP contribution in [0.5, 0.6) is 0 Å². The third kappa shape index (κ3) is 7.87. The fraction of sp³-hybridized carbons (Fsp3) is 0.800. The number of rotatable bonds is 14. The average Bonchev–Trinajstić information content (AvgIpc) is 2.95. The number of aliphatic imine (C=N–C) groups is 1. The Labute approximate surface area is 150 Å². The highest BCUT2D eigenvalue weighted by Gasteiger charge is 2.31. The highest BCUT2D eigenvalue weighted by atomic mass is 32.3. The van der Waals surface area contributed by atoms with Gasteiger partial charge in [0.15, 0.2) is 0 Å². The first-order valence-corrected chi connectivity index (χ1v) is 11.7. The number of nitrogens with zero attached hydrogens (tertiary/aromatic N) is 1. The number of unbranched alkanes of at least 4 members (excludes halogenated alkanes) is 10. The maximum atomic E-state index is 11.4. The number of carbonyl (C=O) groups is 1. The predicted molar refractivity (Wildman–Crippen MR) is 108 cm³/mol. The molecule has 140 valence electrons. The first kappa shape index (κ1) is 21.3. The van der Waals surface area contributed by atoms with Crippen LogP contribution in [0.3, 0.4) is 0 Å². The summed E-state index contributed by atoms with van der Waals surface area (Å²) in [4.78, 5) is 15.9. The molecule has 0 radical (unpaired) electrons. The molecule has 3 nitrogen and oxygen atoms in total. The second-order valence-electron chi connectivity index (χ2n) is 6.68. The smallest absolute Gasteiger partial charge is 0.313 e. The standard InChI is InChI=1S/C20H37NO2S/c1-4-6-7-8-9-10-11-12-13-14-15-16-20-21-17-18-24(20,5-2)23-19(3)22/h17-18H,4-16H2,1-3H3. The van der Waals surface area contributed by atoms with Crippen LogP contribution in [-0.4, -0.2) is 16.8 Å². The summed E-state index contributed by atoms with van der Waals surface area (Å²) < 4.78 is 5.64. The molecule has 4 heteroatoms. The van der Waals surface area contributed by atoms with Gasteiger partial charge >= 0.3 is 5.97 Å². The van der Waals surface area contributed by atoms with Crippen molar-refractivity contribution in [2.24, 2.45) is 4.99 Å². The van der Waals surface area contributed by atoms with Crippen LogP contribution in [0.15, 0.2) is 16.6 Å². The van der Waals surface area contributed by atoms with Crippen molar-refractivity contribution >= 4 is 21.3 Å². The van der Waals surface area contributed by atoms with E-state index in [9.17, 15) is 4.79 Å². The second-order valence-corrected chi connectivity index (χ2v) is 9.62. The minimum atomic E-state index is -1.53. The molecule has 0 saturated heterocycles. The van der Waals surface area contributed by atoms with E-state index < -0.39 is 10.3 Å². The number of carbonyl (C=O) groups excluding carboxylic acids is 1. The van der Waals surface area contributed by atoms with E-state index in [0.29, 0.717) is 0 Å². The van der Waals surface area contributed by atoms with Crippen LogP contribution in [0.2, 0.25) is 0 Å². The summed E-state index contributed by atoms with van der Waals surface area (Å²) in [6.45, 7) is 5.85. The highest BCUT2D eigenvalue weighted by molar-refractivity contribution is 8.44. The summed E-state index contributed by atoms with van der Waals surface area (Å²) in [5, 5.41) is 3.12. The molecule has 0 aliphatic carbocycles. The van der Waals surface area contributed by atoms with Crippen molar-refractivity contribution in [3.63, 3.8) is 0 Å². The Kier molecular flexibility index (Phi) is 11.1. The lowest BCUT2D eigenvalue weighted by molar-refractivity contribution is -0.130. The van der Waals surface area contributed by atoms with Crippen molar-refractivity contribution in [1.82, 2.24) is 0 Å². The summed E-state index contributed by atoms with van der Waals surface area (Å²) in [6.07, 6.45) is 17.6. The van der Waals surface area contributed by atoms with Crippen molar-refractivity contribution in [2.75, 3.05) is 5.75 Å². The van der Waals surface area contributed by atoms with Crippen LogP contribution in [0, 0.1) is 0 Å². The summed E-state index contributed by atoms with van der Waals surface area (Å²) in [6, 6.07) is 0. The minimum absolute atomic E-state index is 0.190. The molecule has 1 unspecified atom stereocenters. The van der Waals surface area contributed by atoms with Crippen molar-refractivity contribution in [3.8, 4) is 0 Å². The van der Waals surface area contributed by atoms with E-state index in [0.717, 1.165) is 23.6 Å². The van der Waals surface area contributed by atoms with E-state index >= 15 is 0 Å². The van der Waals surface area contributed by atoms with Crippen LogP contribution in [0.4, 0.5) is 0 Å². The largest absolute Gasteiger partial charge is 0.406 e. The molecule has 0 bridgehead atoms. The van der Waals surface area contributed by atoms with E-state index in [2.05, 4.69) is 18.8 Å². The fourth-order valence-electron chi connectivity index (χ4n) is 3.16. The van der Waals surface area contributed by atoms with Gasteiger partial charge in [0.2, 0.25) is 0 Å². The van der Waals surface area contributed by atoms with E-state index in [-0.39, 0.29) is 5.97 Å². The third-order valence-electron chi connectivity index (χ3n) is 4.59. The lowest BCUT2D eigenvalue weighted by atomic mass is 10.1. The Bertz CT molecular complexity index is 420. The van der Waals surface area contributed by atoms with Crippen molar-refractivity contribution in [1.29, 1.82) is 0 Å². The lowest BCUT2D eigenvalue weighted by Crippen LogP contribution is -2.16. The van der Waals surface area contributed by atoms with Gasteiger partial charge in [0, 0.05) is 24.3 Å². The molecular weight excluding hydrogens is 318 g/mol. The minimum Gasteiger partial charge on any atom is -0.406 e. The average molecular weight is 356 g/mol. The van der Waals surface area contributed by atoms with E-state index in [1.54, 1.807) is 0 Å². The van der Waals surface area contributed by atoms with Gasteiger partial charge in [-0.2, -0.15) is 0 Å². The van der Waals surface area contributed by atoms with E-state index in [4.69, 9.17) is 4.18 Å². The topological polar surface area (TPSA) is 38.7 Å². The summed E-state index contributed by atoms with van der Waals surface area (Å²) in [5.74, 6) is 0.657. The second kappa shape index (κ2) is 12.6. The normalized spacial score (nSPS) is 22.2. The van der Waals surface area contributed by atoms with Crippen LogP contribution in [0.1, 0.15) is 97.8 Å². The molecule has 24 heavy (non-hydrogen) atoms. The summed E-state index contributed by atoms with van der Waals surface area (Å²) in [5.41, 5.74) is 0. The molecular formula is C20H37NO2S. The van der Waals surface area contributed by atoms with Gasteiger partial charge in [-0.15, -0.1) is 0 Å². The Balaban J connectivity index is 2.08. The monoisotopic (exact) mass is 355 g/mol. The van der Waals surface area contributed by atoms with Gasteiger partial charge in [0.25, 0.3) is 0 Å². The van der Waals surface area contributed by atoms with Crippen LogP contribution in [-0.2, 0) is 8.98 Å². The molecule has 0 spiro atoms. The van der Waals surface area contributed by atoms with Gasteiger partial charge in [-0.3, -0.25) is 9.79 Å². The van der Waals surface area contributed by atoms with Gasteiger partial charge in [-0.05, 0) is 23.2 Å². The van der Waals surface area contributed by atoms with Gasteiger partial charge in [-0.1, -0.05) is 78.1 Å². The van der Waals surface area contributed by atoms with Crippen LogP contribution in [0.25, 0.3) is 0 Å². The molecule has 0 aromatic heterocycles. The molecule has 0 fully saturated rings. The molecule has 0 saturated carbocycles. The molecule has 0 N–H and O–H groups in total. The Hall–Kier alpha value is -0.770. The maximum Gasteiger partial charge on any atom is 0.313 e. The molecule has 1 atom stereocenters. The Morgan fingerprint density at radius 2 is 1.50 bits per heavy atom. The maximum absolute atomic E-state index is 11.4. The van der Waals surface area contributed by atoms with Crippen molar-refractivity contribution in [3.05, 3.63) is 11.6 Å². The zero-order chi connectivity index (χ0) is 17.7. The number of hydrogen-bond acceptors (Lipinski definition) is 3. The molecule has 1 aliphatic heterocycles. The Morgan fingerprint density at radius 3 is 2.00 bits per heavy atom. The Morgan fingerprint density at radius 1 is 0.958 bits per heavy atom. The molecule has 0 aromatic carbocycles. The predicted octanol–water partition coefficient (Wildman–Crippen LogP) is 6.87. The summed E-state index contributed by atoms with van der Waals surface area (Å²) in [7, 11) is -1.53. The van der Waals surface area contributed by atoms with Gasteiger partial charge in [0.1, 0.15) is 0 Å². The number of hydrogen-bond donors (Lipinski definition) is 0. The van der Waals surface area contributed by atoms with Gasteiger partial charge in [0.05, 0.1) is 5.04 Å². The fourth-order valence-corrected chi connectivity index (χ4v) is 5.52. The van der Waals surface area contributed by atoms with Crippen LogP contribution >= 0.6 is 10.3 Å². The van der Waals surface area contributed by atoms with Crippen molar-refractivity contribution in [2.45, 2.75) is 97.8 Å². The molecule has 0 amide bonds. The summed E-state index contributed by atoms with van der Waals surface area (Å²) >= 11 is 0. The molecule has 1 aliphatic rings. The third-order valence-corrected chi connectivity index (χ3v) is 7.65. The first-order valence-electron chi connectivity index (χ1n) is 9.89. The van der Waals surface area contributed by atoms with Crippen molar-refractivity contribution < 1.29 is 8.98 Å². The lowest BCUT2D eigenvalue weighted by Gasteiger charge is -2.32. The SMILES string of the molecule is CCCCCCCCCCCCCC1=NC=CS1(CC)OC(C)=O. The molecule has 0 aromatic rings. The zero-order valence-corrected chi connectivity index (χ0v) is 16.8. The van der Waals surface area contributed by atoms with E-state index in [1.165, 1.54) is 71.1 Å². The molecule has 1 heterocycles.